The van der Waals surface area contributed by atoms with Crippen molar-refractivity contribution in [2.24, 2.45) is 0 Å². The minimum atomic E-state index is 0.409. The number of thiophene rings is 1. The van der Waals surface area contributed by atoms with Crippen LogP contribution in [0.1, 0.15) is 10.7 Å². The first-order valence-electron chi connectivity index (χ1n) is 6.87. The van der Waals surface area contributed by atoms with Crippen LogP contribution in [0.3, 0.4) is 0 Å². The van der Waals surface area contributed by atoms with Gasteiger partial charge in [-0.25, -0.2) is 0 Å². The van der Waals surface area contributed by atoms with E-state index in [4.69, 9.17) is 9.78 Å². The zero-order valence-electron chi connectivity index (χ0n) is 12.1. The van der Waals surface area contributed by atoms with Crippen molar-refractivity contribution in [1.82, 2.24) is 19.9 Å². The van der Waals surface area contributed by atoms with E-state index in [1.54, 1.807) is 6.07 Å². The number of rotatable bonds is 3. The molecule has 7 heteroatoms. The number of nitrogens with zero attached hydrogens (tertiary/aromatic N) is 5. The lowest BCUT2D eigenvalue weighted by atomic mass is 10.1. The maximum absolute atomic E-state index is 8.86. The summed E-state index contributed by atoms with van der Waals surface area (Å²) in [6.07, 6.45) is 0.779. The van der Waals surface area contributed by atoms with E-state index in [2.05, 4.69) is 40.1 Å². The highest BCUT2D eigenvalue weighted by atomic mass is 32.1. The molecular weight excluding hydrogens is 286 g/mol. The molecule has 6 nitrogen and oxygen atoms in total. The first-order chi connectivity index (χ1) is 10.2. The molecule has 1 fully saturated rings. The zero-order chi connectivity index (χ0) is 14.8. The number of hydrogen-bond donors (Lipinski definition) is 0. The summed E-state index contributed by atoms with van der Waals surface area (Å²) in [5, 5.41) is 12.9. The maximum atomic E-state index is 8.86. The second-order valence-electron chi connectivity index (χ2n) is 5.39. The van der Waals surface area contributed by atoms with Gasteiger partial charge < -0.3 is 14.3 Å². The van der Waals surface area contributed by atoms with Gasteiger partial charge in [-0.1, -0.05) is 5.16 Å². The van der Waals surface area contributed by atoms with E-state index in [0.717, 1.165) is 36.8 Å². The highest BCUT2D eigenvalue weighted by Gasteiger charge is 2.24. The van der Waals surface area contributed by atoms with Gasteiger partial charge in [-0.2, -0.15) is 10.2 Å². The van der Waals surface area contributed by atoms with E-state index in [9.17, 15) is 0 Å². The fourth-order valence-corrected chi connectivity index (χ4v) is 3.21. The van der Waals surface area contributed by atoms with Crippen LogP contribution in [0, 0.1) is 11.3 Å². The molecule has 1 aliphatic heterocycles. The third-order valence-electron chi connectivity index (χ3n) is 3.79. The molecular formula is C14H17N5OS. The first kappa shape index (κ1) is 14.2. The van der Waals surface area contributed by atoms with Crippen molar-refractivity contribution in [2.45, 2.75) is 12.5 Å². The van der Waals surface area contributed by atoms with Gasteiger partial charge in [0.15, 0.2) is 5.82 Å². The quantitative estimate of drug-likeness (QED) is 0.855. The second-order valence-corrected chi connectivity index (χ2v) is 6.48. The summed E-state index contributed by atoms with van der Waals surface area (Å²) in [5.74, 6) is 1.23. The van der Waals surface area contributed by atoms with Crippen molar-refractivity contribution < 1.29 is 4.52 Å². The summed E-state index contributed by atoms with van der Waals surface area (Å²) in [5.41, 5.74) is 0. The SMILES string of the molecule is CN1CCN(C)C(Cc2noc(-c3ccc(C#N)s3)n2)C1. The number of likely N-dealkylation sites (N-methyl/N-ethyl adjacent to an activating group) is 2. The number of aromatic nitrogens is 2. The predicted molar refractivity (Wildman–Crippen MR) is 79.9 cm³/mol. The van der Waals surface area contributed by atoms with Gasteiger partial charge in [0.25, 0.3) is 5.89 Å². The Morgan fingerprint density at radius 1 is 1.43 bits per heavy atom. The van der Waals surface area contributed by atoms with Crippen LogP contribution in [0.4, 0.5) is 0 Å². The molecule has 0 bridgehead atoms. The molecule has 0 amide bonds. The molecule has 2 aromatic heterocycles. The fourth-order valence-electron chi connectivity index (χ4n) is 2.48. The lowest BCUT2D eigenvalue weighted by molar-refractivity contribution is 0.113. The largest absolute Gasteiger partial charge is 0.333 e. The average Bonchev–Trinajstić information content (AvgIpc) is 3.11. The fraction of sp³-hybridized carbons (Fsp3) is 0.500. The van der Waals surface area contributed by atoms with Gasteiger partial charge in [-0.05, 0) is 26.2 Å². The molecule has 0 aliphatic carbocycles. The van der Waals surface area contributed by atoms with Crippen LogP contribution in [0.15, 0.2) is 16.7 Å². The second kappa shape index (κ2) is 5.93. The van der Waals surface area contributed by atoms with E-state index in [-0.39, 0.29) is 0 Å². The molecule has 110 valence electrons. The molecule has 3 heterocycles. The monoisotopic (exact) mass is 303 g/mol. The van der Waals surface area contributed by atoms with Crippen molar-refractivity contribution in [3.63, 3.8) is 0 Å². The van der Waals surface area contributed by atoms with Crippen molar-refractivity contribution in [3.05, 3.63) is 22.8 Å². The Hall–Kier alpha value is -1.75. The summed E-state index contributed by atoms with van der Waals surface area (Å²) < 4.78 is 5.32. The molecule has 1 unspecified atom stereocenters. The molecule has 0 aromatic carbocycles. The van der Waals surface area contributed by atoms with Crippen molar-refractivity contribution in [3.8, 4) is 16.8 Å². The molecule has 0 saturated carbocycles. The van der Waals surface area contributed by atoms with Gasteiger partial charge in [0.2, 0.25) is 0 Å². The summed E-state index contributed by atoms with van der Waals surface area (Å²) in [7, 11) is 4.27. The van der Waals surface area contributed by atoms with E-state index >= 15 is 0 Å². The Labute approximate surface area is 127 Å². The minimum Gasteiger partial charge on any atom is -0.333 e. The molecule has 1 saturated heterocycles. The Balaban J connectivity index is 1.71. The van der Waals surface area contributed by atoms with Crippen LogP contribution in [0.5, 0.6) is 0 Å². The summed E-state index contributed by atoms with van der Waals surface area (Å²) in [4.78, 5) is 10.6. The molecule has 21 heavy (non-hydrogen) atoms. The van der Waals surface area contributed by atoms with E-state index in [1.165, 1.54) is 11.3 Å². The Morgan fingerprint density at radius 3 is 3.05 bits per heavy atom. The van der Waals surface area contributed by atoms with E-state index in [0.29, 0.717) is 16.8 Å². The van der Waals surface area contributed by atoms with Gasteiger partial charge in [0.1, 0.15) is 10.9 Å². The van der Waals surface area contributed by atoms with Gasteiger partial charge in [0.05, 0.1) is 4.88 Å². The summed E-state index contributed by atoms with van der Waals surface area (Å²) in [6, 6.07) is 6.15. The Kier molecular flexibility index (Phi) is 4.01. The van der Waals surface area contributed by atoms with Gasteiger partial charge in [-0.3, -0.25) is 0 Å². The minimum absolute atomic E-state index is 0.409. The average molecular weight is 303 g/mol. The van der Waals surface area contributed by atoms with Gasteiger partial charge in [0, 0.05) is 32.1 Å². The number of hydrogen-bond acceptors (Lipinski definition) is 7. The van der Waals surface area contributed by atoms with E-state index in [1.807, 2.05) is 6.07 Å². The molecule has 2 aromatic rings. The lowest BCUT2D eigenvalue weighted by Crippen LogP contribution is -2.50. The van der Waals surface area contributed by atoms with Crippen molar-refractivity contribution in [2.75, 3.05) is 33.7 Å². The Morgan fingerprint density at radius 2 is 2.29 bits per heavy atom. The summed E-state index contributed by atoms with van der Waals surface area (Å²) >= 11 is 1.37. The third kappa shape index (κ3) is 3.13. The molecule has 0 N–H and O–H groups in total. The maximum Gasteiger partial charge on any atom is 0.268 e. The highest BCUT2D eigenvalue weighted by Crippen LogP contribution is 2.26. The standard InChI is InChI=1S/C14H17N5OS/c1-18-5-6-19(2)10(9-18)7-13-16-14(20-17-13)12-4-3-11(8-15)21-12/h3-4,10H,5-7,9H2,1-2H3. The van der Waals surface area contributed by atoms with Crippen LogP contribution < -0.4 is 0 Å². The molecule has 1 atom stereocenters. The third-order valence-corrected chi connectivity index (χ3v) is 4.77. The zero-order valence-corrected chi connectivity index (χ0v) is 12.9. The number of nitriles is 1. The highest BCUT2D eigenvalue weighted by molar-refractivity contribution is 7.15. The van der Waals surface area contributed by atoms with Crippen molar-refractivity contribution >= 4 is 11.3 Å². The molecule has 0 spiro atoms. The topological polar surface area (TPSA) is 69.2 Å². The van der Waals surface area contributed by atoms with Crippen LogP contribution in [-0.4, -0.2) is 59.7 Å². The van der Waals surface area contributed by atoms with E-state index < -0.39 is 0 Å². The molecule has 1 aliphatic rings. The molecule has 3 rings (SSSR count). The summed E-state index contributed by atoms with van der Waals surface area (Å²) in [6.45, 7) is 3.16. The van der Waals surface area contributed by atoms with Crippen LogP contribution in [0.25, 0.3) is 10.8 Å². The van der Waals surface area contributed by atoms with Crippen LogP contribution in [0.2, 0.25) is 0 Å². The first-order valence-corrected chi connectivity index (χ1v) is 7.69. The van der Waals surface area contributed by atoms with Crippen LogP contribution >= 0.6 is 11.3 Å². The smallest absolute Gasteiger partial charge is 0.268 e. The van der Waals surface area contributed by atoms with Gasteiger partial charge >= 0.3 is 0 Å². The number of piperazine rings is 1. The van der Waals surface area contributed by atoms with Gasteiger partial charge in [-0.15, -0.1) is 11.3 Å². The predicted octanol–water partition coefficient (Wildman–Crippen LogP) is 1.46. The lowest BCUT2D eigenvalue weighted by Gasteiger charge is -2.37. The normalized spacial score (nSPS) is 20.5. The molecule has 0 radical (unpaired) electrons. The van der Waals surface area contributed by atoms with Crippen LogP contribution in [-0.2, 0) is 6.42 Å². The van der Waals surface area contributed by atoms with Crippen molar-refractivity contribution in [1.29, 1.82) is 5.26 Å². The Bertz CT molecular complexity index is 658.